The second kappa shape index (κ2) is 19.2. The maximum absolute atomic E-state index is 13.6. The highest BCUT2D eigenvalue weighted by Gasteiger charge is 2.47. The van der Waals surface area contributed by atoms with Gasteiger partial charge in [-0.05, 0) is 123 Å². The molecule has 324 valence electrons. The number of aromatic nitrogens is 3. The number of aromatic amines is 3. The van der Waals surface area contributed by atoms with Crippen molar-refractivity contribution in [1.82, 2.24) is 20.3 Å². The number of allylic oxidation sites excluding steroid dienone is 2. The average Bonchev–Trinajstić information content (AvgIpc) is 3.97. The molecule has 60 heavy (non-hydrogen) atoms. The third kappa shape index (κ3) is 9.06. The summed E-state index contributed by atoms with van der Waals surface area (Å²) in [7, 11) is 1.36. The number of aliphatic hydroxyl groups excluding tert-OH is 1. The fourth-order valence-corrected chi connectivity index (χ4v) is 9.91. The van der Waals surface area contributed by atoms with E-state index >= 15 is 0 Å². The number of H-pyrrole nitrogens is 3. The van der Waals surface area contributed by atoms with Gasteiger partial charge in [-0.15, -0.1) is 0 Å². The number of carbonyl (C=O) groups is 2. The molecule has 9 heteroatoms. The van der Waals surface area contributed by atoms with Crippen molar-refractivity contribution in [3.05, 3.63) is 90.1 Å². The van der Waals surface area contributed by atoms with E-state index in [0.29, 0.717) is 11.6 Å². The SMILES string of the molecule is C=Cc1c2[nH]c(c1C)/C=C1\NC(C3=c4[nH]c(c(C)c4=C(O)[C@@H]3C(=O)OC)/C=c3\[nH]/c(c(C)c3CC)=C\2)[C@@H](CCC(=O)OC/C=C(\C)CCC[C@H](C)CCC[C@H](C)CC)[C@@H]1C. The standard InChI is InChI=1S/C51H70N4O5/c1-12-28(4)17-15-18-29(5)19-16-20-30(6)23-24-60-44(56)22-21-37-33(9)40-25-38-31(7)35(13-2)42(52-38)26-39-32(8)36(14-3)43(53-39)27-41-34(10)45-49(55-41)46(48(37)54-40)47(50(45)57)51(58)59-11/h13,23,25-29,33,37,47-48,52-55,57H,2,12,14-22,24H2,1,3-11H3/b30-23+,39-26-,40-25-,43-27-/t28-,29-,33+,37+,47-,48?/m1/s1. The summed E-state index contributed by atoms with van der Waals surface area (Å²) in [6, 6.07) is -0.393. The second-order valence-electron chi connectivity index (χ2n) is 18.0. The topological polar surface area (TPSA) is 132 Å². The normalized spacial score (nSPS) is 22.6. The number of aliphatic hydroxyl groups is 1. The van der Waals surface area contributed by atoms with Crippen LogP contribution in [0, 0.1) is 50.4 Å². The lowest BCUT2D eigenvalue weighted by Crippen LogP contribution is -2.38. The Morgan fingerprint density at radius 1 is 0.900 bits per heavy atom. The highest BCUT2D eigenvalue weighted by molar-refractivity contribution is 5.95. The summed E-state index contributed by atoms with van der Waals surface area (Å²) in [4.78, 5) is 38.0. The second-order valence-corrected chi connectivity index (χ2v) is 18.0. The maximum atomic E-state index is 13.6. The third-order valence-corrected chi connectivity index (χ3v) is 14.0. The van der Waals surface area contributed by atoms with Crippen molar-refractivity contribution in [2.45, 2.75) is 133 Å². The van der Waals surface area contributed by atoms with Gasteiger partial charge in [0.05, 0.1) is 18.5 Å². The van der Waals surface area contributed by atoms with E-state index < -0.39 is 17.9 Å². The smallest absolute Gasteiger partial charge is 0.320 e. The molecule has 3 aliphatic rings. The molecular weight excluding hydrogens is 749 g/mol. The van der Waals surface area contributed by atoms with Crippen molar-refractivity contribution in [3.8, 4) is 0 Å². The molecule has 0 aromatic carbocycles. The van der Waals surface area contributed by atoms with Crippen LogP contribution < -0.4 is 26.6 Å². The van der Waals surface area contributed by atoms with Gasteiger partial charge < -0.3 is 34.8 Å². The molecule has 2 aliphatic heterocycles. The van der Waals surface area contributed by atoms with E-state index in [0.717, 1.165) is 92.2 Å². The summed E-state index contributed by atoms with van der Waals surface area (Å²) in [6.45, 7) is 24.1. The van der Waals surface area contributed by atoms with Crippen LogP contribution in [0.2, 0.25) is 0 Å². The molecular formula is C51H70N4O5. The van der Waals surface area contributed by atoms with Gasteiger partial charge in [0.1, 0.15) is 18.3 Å². The molecule has 1 saturated heterocycles. The Hall–Kier alpha value is -4.92. The Balaban J connectivity index is 1.30. The molecule has 0 radical (unpaired) electrons. The van der Waals surface area contributed by atoms with Crippen LogP contribution in [0.3, 0.4) is 0 Å². The Morgan fingerprint density at radius 3 is 2.30 bits per heavy atom. The Bertz CT molecular complexity index is 2420. The van der Waals surface area contributed by atoms with E-state index in [9.17, 15) is 14.7 Å². The Labute approximate surface area is 356 Å². The minimum atomic E-state index is -0.992. The first-order valence-corrected chi connectivity index (χ1v) is 22.5. The summed E-state index contributed by atoms with van der Waals surface area (Å²) in [5.74, 6) is -0.371. The molecule has 5 N–H and O–H groups in total. The van der Waals surface area contributed by atoms with Gasteiger partial charge in [0.2, 0.25) is 0 Å². The van der Waals surface area contributed by atoms with Crippen LogP contribution in [0.4, 0.5) is 0 Å². The first kappa shape index (κ1) is 44.6. The lowest BCUT2D eigenvalue weighted by molar-refractivity contribution is -0.143. The monoisotopic (exact) mass is 819 g/mol. The summed E-state index contributed by atoms with van der Waals surface area (Å²) in [5, 5.41) is 19.1. The number of methoxy groups -OCH3 is 1. The van der Waals surface area contributed by atoms with Crippen molar-refractivity contribution in [2.24, 2.45) is 29.6 Å². The summed E-state index contributed by atoms with van der Waals surface area (Å²) in [6.07, 6.45) is 20.5. The molecule has 3 aromatic rings. The summed E-state index contributed by atoms with van der Waals surface area (Å²) >= 11 is 0. The fourth-order valence-electron chi connectivity index (χ4n) is 9.91. The minimum absolute atomic E-state index is 0.0162. The predicted octanol–water partition coefficient (Wildman–Crippen LogP) is 7.95. The zero-order valence-corrected chi connectivity index (χ0v) is 37.9. The van der Waals surface area contributed by atoms with E-state index in [1.165, 1.54) is 55.9 Å². The largest absolute Gasteiger partial charge is 0.510 e. The van der Waals surface area contributed by atoms with Gasteiger partial charge in [-0.3, -0.25) is 9.59 Å². The van der Waals surface area contributed by atoms with Gasteiger partial charge in [0, 0.05) is 56.6 Å². The summed E-state index contributed by atoms with van der Waals surface area (Å²) in [5.41, 5.74) is 11.1. The molecule has 1 fully saturated rings. The summed E-state index contributed by atoms with van der Waals surface area (Å²) < 4.78 is 11.1. The Kier molecular flexibility index (Phi) is 14.3. The van der Waals surface area contributed by atoms with Gasteiger partial charge in [-0.2, -0.15) is 0 Å². The van der Waals surface area contributed by atoms with Crippen molar-refractivity contribution in [3.63, 3.8) is 0 Å². The molecule has 0 spiro atoms. The number of rotatable bonds is 17. The fraction of sp³-hybridized carbons (Fsp3) is 0.529. The number of hydrogen-bond acceptors (Lipinski definition) is 6. The van der Waals surface area contributed by atoms with Crippen LogP contribution in [0.15, 0.2) is 23.9 Å². The van der Waals surface area contributed by atoms with Gasteiger partial charge in [-0.25, -0.2) is 0 Å². The number of fused-ring (bicyclic) bond motifs is 8. The quantitative estimate of drug-likeness (QED) is 0.0695. The molecule has 0 saturated carbocycles. The maximum Gasteiger partial charge on any atom is 0.320 e. The molecule has 6 rings (SSSR count). The van der Waals surface area contributed by atoms with Gasteiger partial charge >= 0.3 is 11.9 Å². The minimum Gasteiger partial charge on any atom is -0.510 e. The molecule has 9 nitrogen and oxygen atoms in total. The van der Waals surface area contributed by atoms with Crippen LogP contribution in [-0.4, -0.2) is 51.8 Å². The highest BCUT2D eigenvalue weighted by Crippen LogP contribution is 2.42. The number of carbonyl (C=O) groups excluding carboxylic acids is 2. The van der Waals surface area contributed by atoms with Crippen molar-refractivity contribution >= 4 is 47.6 Å². The highest BCUT2D eigenvalue weighted by atomic mass is 16.5. The number of hydrogen-bond donors (Lipinski definition) is 5. The lowest BCUT2D eigenvalue weighted by Gasteiger charge is -2.26. The van der Waals surface area contributed by atoms with Crippen LogP contribution in [0.1, 0.15) is 144 Å². The van der Waals surface area contributed by atoms with Crippen LogP contribution in [-0.2, 0) is 25.5 Å². The van der Waals surface area contributed by atoms with E-state index in [-0.39, 0.29) is 36.6 Å². The van der Waals surface area contributed by atoms with Crippen LogP contribution in [0.5, 0.6) is 0 Å². The first-order chi connectivity index (χ1) is 28.7. The average molecular weight is 819 g/mol. The number of nitrogens with one attached hydrogen (secondary N) is 4. The molecule has 3 aromatic heterocycles. The molecule has 1 aliphatic carbocycles. The predicted molar refractivity (Wildman–Crippen MR) is 244 cm³/mol. The number of esters is 2. The van der Waals surface area contributed by atoms with E-state index in [2.05, 4.69) is 100 Å². The third-order valence-electron chi connectivity index (χ3n) is 14.0. The van der Waals surface area contributed by atoms with Crippen molar-refractivity contribution in [1.29, 1.82) is 0 Å². The lowest BCUT2D eigenvalue weighted by atomic mass is 9.80. The van der Waals surface area contributed by atoms with Gasteiger partial charge in [-0.1, -0.05) is 85.0 Å². The zero-order chi connectivity index (χ0) is 43.4. The Morgan fingerprint density at radius 2 is 1.60 bits per heavy atom. The zero-order valence-electron chi connectivity index (χ0n) is 37.9. The van der Waals surface area contributed by atoms with Crippen molar-refractivity contribution < 1.29 is 24.2 Å². The molecule has 1 unspecified atom stereocenters. The van der Waals surface area contributed by atoms with Crippen LogP contribution >= 0.6 is 0 Å². The van der Waals surface area contributed by atoms with Crippen molar-refractivity contribution in [2.75, 3.05) is 13.7 Å². The molecule has 8 bridgehead atoms. The molecule has 6 atom stereocenters. The van der Waals surface area contributed by atoms with Gasteiger partial charge in [0.15, 0.2) is 0 Å². The van der Waals surface area contributed by atoms with E-state index in [1.54, 1.807) is 0 Å². The van der Waals surface area contributed by atoms with Crippen LogP contribution in [0.25, 0.3) is 35.6 Å². The van der Waals surface area contributed by atoms with E-state index in [4.69, 9.17) is 9.47 Å². The van der Waals surface area contributed by atoms with E-state index in [1.807, 2.05) is 19.1 Å². The first-order valence-electron chi connectivity index (χ1n) is 22.5. The molecule has 0 amide bonds. The van der Waals surface area contributed by atoms with Gasteiger partial charge in [0.25, 0.3) is 0 Å². The molecule has 5 heterocycles. The number of ether oxygens (including phenoxy) is 2.